The van der Waals surface area contributed by atoms with E-state index in [1.165, 1.54) is 6.07 Å². The number of sulfonamides is 1. The first-order valence-corrected chi connectivity index (χ1v) is 8.08. The number of hydrogen-bond donors (Lipinski definition) is 2. The first kappa shape index (κ1) is 19.9. The Morgan fingerprint density at radius 1 is 1.33 bits per heavy atom. The molecular formula is C14H22ClN3O2S. The van der Waals surface area contributed by atoms with E-state index in [-0.39, 0.29) is 29.4 Å². The summed E-state index contributed by atoms with van der Waals surface area (Å²) in [6.45, 7) is 5.71. The molecule has 0 unspecified atom stereocenters. The van der Waals surface area contributed by atoms with Crippen LogP contribution in [0.1, 0.15) is 37.8 Å². The van der Waals surface area contributed by atoms with Crippen LogP contribution >= 0.6 is 12.4 Å². The molecule has 0 aliphatic rings. The lowest BCUT2D eigenvalue weighted by molar-refractivity contribution is 0.363. The van der Waals surface area contributed by atoms with Crippen molar-refractivity contribution in [2.75, 3.05) is 6.54 Å². The number of nitrogens with two attached hydrogens (primary N) is 1. The quantitative estimate of drug-likeness (QED) is 0.834. The van der Waals surface area contributed by atoms with Gasteiger partial charge in [0.25, 0.3) is 0 Å². The highest BCUT2D eigenvalue weighted by atomic mass is 35.5. The second-order valence-corrected chi connectivity index (χ2v) is 6.51. The average Bonchev–Trinajstić information content (AvgIpc) is 2.44. The van der Waals surface area contributed by atoms with Crippen molar-refractivity contribution >= 4 is 22.4 Å². The van der Waals surface area contributed by atoms with Crippen molar-refractivity contribution in [2.45, 2.75) is 44.0 Å². The van der Waals surface area contributed by atoms with E-state index in [1.807, 2.05) is 19.9 Å². The van der Waals surface area contributed by atoms with Gasteiger partial charge >= 0.3 is 0 Å². The fourth-order valence-electron chi connectivity index (χ4n) is 2.07. The Hall–Kier alpha value is -1.13. The van der Waals surface area contributed by atoms with E-state index >= 15 is 0 Å². The first-order valence-electron chi connectivity index (χ1n) is 6.59. The van der Waals surface area contributed by atoms with Gasteiger partial charge in [0.1, 0.15) is 11.0 Å². The largest absolute Gasteiger partial charge is 0.329 e. The van der Waals surface area contributed by atoms with Crippen LogP contribution in [0.3, 0.4) is 0 Å². The maximum atomic E-state index is 12.5. The Morgan fingerprint density at radius 3 is 2.33 bits per heavy atom. The fraction of sp³-hybridized carbons (Fsp3) is 0.500. The predicted octanol–water partition coefficient (Wildman–Crippen LogP) is 2.08. The van der Waals surface area contributed by atoms with E-state index in [4.69, 9.17) is 11.0 Å². The van der Waals surface area contributed by atoms with Gasteiger partial charge in [-0.2, -0.15) is 5.26 Å². The minimum Gasteiger partial charge on any atom is -0.329 e. The van der Waals surface area contributed by atoms with E-state index in [9.17, 15) is 8.42 Å². The smallest absolute Gasteiger partial charge is 0.242 e. The van der Waals surface area contributed by atoms with Crippen LogP contribution in [0.5, 0.6) is 0 Å². The zero-order valence-electron chi connectivity index (χ0n) is 12.5. The SMILES string of the molecule is CCC(CC)(CN)NS(=O)(=O)c1cccc(C)c1C#N.Cl. The minimum atomic E-state index is -3.77. The molecule has 0 saturated heterocycles. The highest BCUT2D eigenvalue weighted by Gasteiger charge is 2.32. The van der Waals surface area contributed by atoms with Crippen molar-refractivity contribution < 1.29 is 8.42 Å². The second-order valence-electron chi connectivity index (χ2n) is 4.86. The van der Waals surface area contributed by atoms with Crippen LogP contribution in [-0.2, 0) is 10.0 Å². The predicted molar refractivity (Wildman–Crippen MR) is 85.8 cm³/mol. The van der Waals surface area contributed by atoms with E-state index in [0.717, 1.165) is 0 Å². The number of rotatable bonds is 6. The van der Waals surface area contributed by atoms with Crippen LogP contribution < -0.4 is 10.5 Å². The van der Waals surface area contributed by atoms with E-state index in [0.29, 0.717) is 18.4 Å². The molecule has 3 N–H and O–H groups in total. The Labute approximate surface area is 133 Å². The van der Waals surface area contributed by atoms with Crippen LogP contribution in [0.15, 0.2) is 23.1 Å². The zero-order valence-corrected chi connectivity index (χ0v) is 14.1. The topological polar surface area (TPSA) is 96.0 Å². The molecule has 0 fully saturated rings. The average molecular weight is 332 g/mol. The van der Waals surface area contributed by atoms with Crippen molar-refractivity contribution in [1.29, 1.82) is 5.26 Å². The lowest BCUT2D eigenvalue weighted by Gasteiger charge is -2.31. The Kier molecular flexibility index (Phi) is 7.34. The number of nitrogens with zero attached hydrogens (tertiary/aromatic N) is 1. The molecule has 0 spiro atoms. The standard InChI is InChI=1S/C14H21N3O2S.ClH/c1-4-14(5-2,10-16)17-20(18,19)13-8-6-7-11(3)12(13)9-15;/h6-8,17H,4-5,10,16H2,1-3H3;1H. The van der Waals surface area contributed by atoms with Crippen LogP contribution in [0.2, 0.25) is 0 Å². The molecule has 21 heavy (non-hydrogen) atoms. The highest BCUT2D eigenvalue weighted by molar-refractivity contribution is 7.89. The molecule has 0 aliphatic carbocycles. The summed E-state index contributed by atoms with van der Waals surface area (Å²) in [4.78, 5) is 0.0136. The third-order valence-corrected chi connectivity index (χ3v) is 5.35. The maximum absolute atomic E-state index is 12.5. The maximum Gasteiger partial charge on any atom is 0.242 e. The highest BCUT2D eigenvalue weighted by Crippen LogP contribution is 2.22. The van der Waals surface area contributed by atoms with Gasteiger partial charge in [-0.1, -0.05) is 26.0 Å². The zero-order chi connectivity index (χ0) is 15.4. The molecule has 0 aromatic heterocycles. The van der Waals surface area contributed by atoms with Gasteiger partial charge in [-0.15, -0.1) is 12.4 Å². The number of nitrogens with one attached hydrogen (secondary N) is 1. The molecule has 1 rings (SSSR count). The van der Waals surface area contributed by atoms with Crippen LogP contribution in [-0.4, -0.2) is 20.5 Å². The third kappa shape index (κ3) is 4.17. The summed E-state index contributed by atoms with van der Waals surface area (Å²) in [5.74, 6) is 0. The van der Waals surface area contributed by atoms with E-state index < -0.39 is 15.6 Å². The van der Waals surface area contributed by atoms with Gasteiger partial charge in [-0.05, 0) is 31.4 Å². The summed E-state index contributed by atoms with van der Waals surface area (Å²) in [5, 5.41) is 9.17. The molecule has 5 nitrogen and oxygen atoms in total. The van der Waals surface area contributed by atoms with Crippen molar-refractivity contribution in [1.82, 2.24) is 4.72 Å². The Balaban J connectivity index is 0.00000400. The molecule has 0 radical (unpaired) electrons. The summed E-state index contributed by atoms with van der Waals surface area (Å²) < 4.78 is 27.7. The number of aryl methyl sites for hydroxylation is 1. The lowest BCUT2D eigenvalue weighted by atomic mass is 9.95. The van der Waals surface area contributed by atoms with Crippen LogP contribution in [0, 0.1) is 18.3 Å². The molecule has 0 amide bonds. The summed E-state index contributed by atoms with van der Waals surface area (Å²) in [6.07, 6.45) is 1.18. The van der Waals surface area contributed by atoms with Crippen molar-refractivity contribution in [3.63, 3.8) is 0 Å². The molecule has 118 valence electrons. The number of nitriles is 1. The van der Waals surface area contributed by atoms with E-state index in [2.05, 4.69) is 4.72 Å². The van der Waals surface area contributed by atoms with Gasteiger partial charge in [0.2, 0.25) is 10.0 Å². The molecule has 0 atom stereocenters. The number of hydrogen-bond acceptors (Lipinski definition) is 4. The monoisotopic (exact) mass is 331 g/mol. The number of benzene rings is 1. The Bertz CT molecular complexity index is 611. The molecule has 1 aromatic carbocycles. The second kappa shape index (κ2) is 7.76. The van der Waals surface area contributed by atoms with Crippen LogP contribution in [0.4, 0.5) is 0 Å². The summed E-state index contributed by atoms with van der Waals surface area (Å²) in [7, 11) is -3.77. The van der Waals surface area contributed by atoms with Gasteiger partial charge in [0, 0.05) is 12.1 Å². The first-order chi connectivity index (χ1) is 9.35. The van der Waals surface area contributed by atoms with Gasteiger partial charge in [-0.3, -0.25) is 0 Å². The van der Waals surface area contributed by atoms with Crippen molar-refractivity contribution in [3.05, 3.63) is 29.3 Å². The van der Waals surface area contributed by atoms with Crippen molar-refractivity contribution in [2.24, 2.45) is 5.73 Å². The Morgan fingerprint density at radius 2 is 1.90 bits per heavy atom. The number of halogens is 1. The molecule has 0 aliphatic heterocycles. The summed E-state index contributed by atoms with van der Waals surface area (Å²) in [6, 6.07) is 6.75. The van der Waals surface area contributed by atoms with Gasteiger partial charge in [0.15, 0.2) is 0 Å². The fourth-order valence-corrected chi connectivity index (χ4v) is 3.86. The molecule has 1 aromatic rings. The van der Waals surface area contributed by atoms with Crippen LogP contribution in [0.25, 0.3) is 0 Å². The summed E-state index contributed by atoms with van der Waals surface area (Å²) in [5.41, 5.74) is 5.87. The molecule has 7 heteroatoms. The molecule has 0 heterocycles. The van der Waals surface area contributed by atoms with Gasteiger partial charge < -0.3 is 5.73 Å². The molecule has 0 saturated carbocycles. The lowest BCUT2D eigenvalue weighted by Crippen LogP contribution is -2.52. The summed E-state index contributed by atoms with van der Waals surface area (Å²) >= 11 is 0. The molecular weight excluding hydrogens is 310 g/mol. The normalized spacial score (nSPS) is 11.6. The third-order valence-electron chi connectivity index (χ3n) is 3.73. The van der Waals surface area contributed by atoms with E-state index in [1.54, 1.807) is 19.1 Å². The van der Waals surface area contributed by atoms with Crippen molar-refractivity contribution in [3.8, 4) is 6.07 Å². The minimum absolute atomic E-state index is 0. The van der Waals surface area contributed by atoms with Gasteiger partial charge in [0.05, 0.1) is 5.56 Å². The van der Waals surface area contributed by atoms with Gasteiger partial charge in [-0.25, -0.2) is 13.1 Å². The molecule has 0 bridgehead atoms.